The van der Waals surface area contributed by atoms with Gasteiger partial charge in [0.1, 0.15) is 5.75 Å². The van der Waals surface area contributed by atoms with Crippen LogP contribution in [0.15, 0.2) is 24.3 Å². The first kappa shape index (κ1) is 13.1. The van der Waals surface area contributed by atoms with Crippen LogP contribution in [0.2, 0.25) is 0 Å². The van der Waals surface area contributed by atoms with Crippen molar-refractivity contribution in [2.45, 2.75) is 46.5 Å². The molecule has 0 aliphatic carbocycles. The molecule has 90 valence electrons. The van der Waals surface area contributed by atoms with Gasteiger partial charge in [0, 0.05) is 0 Å². The number of hydrogen-bond donors (Lipinski definition) is 1. The monoisotopic (exact) mass is 220 g/mol. The van der Waals surface area contributed by atoms with Gasteiger partial charge in [-0.2, -0.15) is 0 Å². The highest BCUT2D eigenvalue weighted by molar-refractivity contribution is 5.29. The summed E-state index contributed by atoms with van der Waals surface area (Å²) in [5.41, 5.74) is 1.36. The fraction of sp³-hybridized carbons (Fsp3) is 0.600. The van der Waals surface area contributed by atoms with E-state index in [1.165, 1.54) is 18.4 Å². The van der Waals surface area contributed by atoms with E-state index in [9.17, 15) is 5.11 Å². The van der Waals surface area contributed by atoms with Crippen LogP contribution in [0.4, 0.5) is 0 Å². The minimum absolute atomic E-state index is 0.356. The molecule has 1 N–H and O–H groups in total. The molecule has 0 spiro atoms. The van der Waals surface area contributed by atoms with Crippen LogP contribution in [0.1, 0.15) is 52.0 Å². The fourth-order valence-electron chi connectivity index (χ4n) is 2.70. The van der Waals surface area contributed by atoms with Crippen molar-refractivity contribution in [3.63, 3.8) is 0 Å². The zero-order valence-electron chi connectivity index (χ0n) is 10.9. The summed E-state index contributed by atoms with van der Waals surface area (Å²) < 4.78 is 0. The van der Waals surface area contributed by atoms with E-state index in [0.29, 0.717) is 23.5 Å². The number of benzene rings is 1. The molecule has 0 aromatic heterocycles. The van der Waals surface area contributed by atoms with Crippen molar-refractivity contribution in [1.82, 2.24) is 0 Å². The molecule has 0 bridgehead atoms. The van der Waals surface area contributed by atoms with Crippen LogP contribution in [0.25, 0.3) is 0 Å². The number of rotatable bonds is 5. The third-order valence-electron chi connectivity index (χ3n) is 3.35. The first-order valence-electron chi connectivity index (χ1n) is 6.35. The van der Waals surface area contributed by atoms with E-state index >= 15 is 0 Å². The second kappa shape index (κ2) is 5.93. The molecule has 2 atom stereocenters. The normalized spacial score (nSPS) is 15.1. The number of aromatic hydroxyl groups is 1. The largest absolute Gasteiger partial charge is 0.508 e. The molecule has 16 heavy (non-hydrogen) atoms. The lowest BCUT2D eigenvalue weighted by Crippen LogP contribution is -2.15. The molecule has 0 radical (unpaired) electrons. The van der Waals surface area contributed by atoms with Gasteiger partial charge in [0.2, 0.25) is 0 Å². The third kappa shape index (κ3) is 3.26. The van der Waals surface area contributed by atoms with Crippen molar-refractivity contribution in [3.05, 3.63) is 29.8 Å². The Morgan fingerprint density at radius 3 is 2.06 bits per heavy atom. The standard InChI is InChI=1S/C15H24O/c1-5-6-12(4)15(11(2)3)13-7-9-14(16)10-8-13/h7-12,15-16H,5-6H2,1-4H3/t12-,15+/m1/s1. The smallest absolute Gasteiger partial charge is 0.115 e. The maximum atomic E-state index is 9.32. The molecule has 0 amide bonds. The van der Waals surface area contributed by atoms with Crippen molar-refractivity contribution in [1.29, 1.82) is 0 Å². The van der Waals surface area contributed by atoms with Gasteiger partial charge in [-0.1, -0.05) is 52.7 Å². The zero-order valence-corrected chi connectivity index (χ0v) is 10.9. The Labute approximate surface area is 99.5 Å². The summed E-state index contributed by atoms with van der Waals surface area (Å²) in [6.45, 7) is 9.14. The van der Waals surface area contributed by atoms with Gasteiger partial charge in [-0.3, -0.25) is 0 Å². The van der Waals surface area contributed by atoms with Crippen molar-refractivity contribution < 1.29 is 5.11 Å². The summed E-state index contributed by atoms with van der Waals surface area (Å²) in [6, 6.07) is 7.71. The molecule has 0 saturated heterocycles. The Bertz CT molecular complexity index is 300. The summed E-state index contributed by atoms with van der Waals surface area (Å²) in [6.07, 6.45) is 2.51. The molecule has 0 unspecified atom stereocenters. The van der Waals surface area contributed by atoms with Crippen LogP contribution < -0.4 is 0 Å². The maximum Gasteiger partial charge on any atom is 0.115 e. The predicted molar refractivity (Wildman–Crippen MR) is 69.8 cm³/mol. The van der Waals surface area contributed by atoms with Crippen molar-refractivity contribution in [2.75, 3.05) is 0 Å². The van der Waals surface area contributed by atoms with E-state index in [0.717, 1.165) is 0 Å². The molecule has 0 aliphatic heterocycles. The highest BCUT2D eigenvalue weighted by Gasteiger charge is 2.21. The first-order chi connectivity index (χ1) is 7.56. The molecule has 1 aromatic carbocycles. The van der Waals surface area contributed by atoms with Gasteiger partial charge < -0.3 is 5.11 Å². The molecule has 1 heteroatoms. The molecule has 1 rings (SSSR count). The van der Waals surface area contributed by atoms with Gasteiger partial charge in [0.25, 0.3) is 0 Å². The summed E-state index contributed by atoms with van der Waals surface area (Å²) >= 11 is 0. The van der Waals surface area contributed by atoms with E-state index in [-0.39, 0.29) is 0 Å². The number of hydrogen-bond acceptors (Lipinski definition) is 1. The average molecular weight is 220 g/mol. The number of phenols is 1. The summed E-state index contributed by atoms with van der Waals surface area (Å²) in [5.74, 6) is 2.30. The summed E-state index contributed by atoms with van der Waals surface area (Å²) in [7, 11) is 0. The molecular weight excluding hydrogens is 196 g/mol. The zero-order chi connectivity index (χ0) is 12.1. The van der Waals surface area contributed by atoms with E-state index in [2.05, 4.69) is 39.8 Å². The quantitative estimate of drug-likeness (QED) is 0.770. The Kier molecular flexibility index (Phi) is 4.85. The minimum atomic E-state index is 0.356. The second-order valence-electron chi connectivity index (χ2n) is 5.13. The van der Waals surface area contributed by atoms with Gasteiger partial charge in [-0.15, -0.1) is 0 Å². The van der Waals surface area contributed by atoms with Gasteiger partial charge in [0.05, 0.1) is 0 Å². The van der Waals surface area contributed by atoms with Crippen LogP contribution in [0.5, 0.6) is 5.75 Å². The van der Waals surface area contributed by atoms with Crippen LogP contribution in [-0.2, 0) is 0 Å². The van der Waals surface area contributed by atoms with Crippen LogP contribution in [0.3, 0.4) is 0 Å². The van der Waals surface area contributed by atoms with Gasteiger partial charge >= 0.3 is 0 Å². The SMILES string of the molecule is CCC[C@@H](C)[C@@H](c1ccc(O)cc1)C(C)C. The van der Waals surface area contributed by atoms with Crippen molar-refractivity contribution in [2.24, 2.45) is 11.8 Å². The third-order valence-corrected chi connectivity index (χ3v) is 3.35. The van der Waals surface area contributed by atoms with Crippen molar-refractivity contribution in [3.8, 4) is 5.75 Å². The highest BCUT2D eigenvalue weighted by Crippen LogP contribution is 2.34. The lowest BCUT2D eigenvalue weighted by Gasteiger charge is -2.28. The molecule has 0 saturated carbocycles. The first-order valence-corrected chi connectivity index (χ1v) is 6.35. The Hall–Kier alpha value is -0.980. The predicted octanol–water partition coefficient (Wildman–Crippen LogP) is 4.57. The molecule has 1 aromatic rings. The van der Waals surface area contributed by atoms with E-state index in [4.69, 9.17) is 0 Å². The van der Waals surface area contributed by atoms with E-state index in [1.807, 2.05) is 0 Å². The average Bonchev–Trinajstić information content (AvgIpc) is 2.21. The van der Waals surface area contributed by atoms with Crippen LogP contribution >= 0.6 is 0 Å². The Morgan fingerprint density at radius 2 is 1.62 bits per heavy atom. The van der Waals surface area contributed by atoms with Crippen LogP contribution in [0, 0.1) is 11.8 Å². The fourth-order valence-corrected chi connectivity index (χ4v) is 2.70. The van der Waals surface area contributed by atoms with Crippen molar-refractivity contribution >= 4 is 0 Å². The van der Waals surface area contributed by atoms with E-state index < -0.39 is 0 Å². The minimum Gasteiger partial charge on any atom is -0.508 e. The Balaban J connectivity index is 2.89. The van der Waals surface area contributed by atoms with Gasteiger partial charge in [-0.05, 0) is 35.4 Å². The van der Waals surface area contributed by atoms with E-state index in [1.54, 1.807) is 12.1 Å². The second-order valence-corrected chi connectivity index (χ2v) is 5.13. The highest BCUT2D eigenvalue weighted by atomic mass is 16.3. The van der Waals surface area contributed by atoms with Gasteiger partial charge in [-0.25, -0.2) is 0 Å². The maximum absolute atomic E-state index is 9.32. The lowest BCUT2D eigenvalue weighted by molar-refractivity contribution is 0.343. The lowest BCUT2D eigenvalue weighted by atomic mass is 9.77. The molecular formula is C15H24O. The summed E-state index contributed by atoms with van der Waals surface area (Å²) in [5, 5.41) is 9.32. The number of phenolic OH excluding ortho intramolecular Hbond substituents is 1. The van der Waals surface area contributed by atoms with Gasteiger partial charge in [0.15, 0.2) is 0 Å². The molecule has 0 aliphatic rings. The molecule has 1 nitrogen and oxygen atoms in total. The molecule has 0 heterocycles. The Morgan fingerprint density at radius 1 is 1.06 bits per heavy atom. The topological polar surface area (TPSA) is 20.2 Å². The molecule has 0 fully saturated rings. The van der Waals surface area contributed by atoms with Crippen LogP contribution in [-0.4, -0.2) is 5.11 Å². The summed E-state index contributed by atoms with van der Waals surface area (Å²) in [4.78, 5) is 0.